The summed E-state index contributed by atoms with van der Waals surface area (Å²) in [6.07, 6.45) is 0. The van der Waals surface area contributed by atoms with Gasteiger partial charge < -0.3 is 15.4 Å². The van der Waals surface area contributed by atoms with E-state index in [1.165, 1.54) is 0 Å². The molecular weight excluding hydrogens is 172 g/mol. The van der Waals surface area contributed by atoms with Crippen LogP contribution in [0.5, 0.6) is 0 Å². The summed E-state index contributed by atoms with van der Waals surface area (Å²) in [6.45, 7) is 4.03. The van der Waals surface area contributed by atoms with E-state index >= 15 is 0 Å². The highest BCUT2D eigenvalue weighted by molar-refractivity contribution is 5.89. The van der Waals surface area contributed by atoms with Crippen molar-refractivity contribution in [2.24, 2.45) is 0 Å². The van der Waals surface area contributed by atoms with Crippen molar-refractivity contribution >= 4 is 11.8 Å². The lowest BCUT2D eigenvalue weighted by molar-refractivity contribution is -0.138. The summed E-state index contributed by atoms with van der Waals surface area (Å²) in [6, 6.07) is -0.463. The zero-order valence-corrected chi connectivity index (χ0v) is 7.79. The van der Waals surface area contributed by atoms with Crippen LogP contribution in [0.15, 0.2) is 0 Å². The summed E-state index contributed by atoms with van der Waals surface area (Å²) >= 11 is 0. The Balaban J connectivity index is 2.41. The maximum atomic E-state index is 11.3. The molecule has 0 aliphatic carbocycles. The van der Waals surface area contributed by atoms with Crippen molar-refractivity contribution in [3.05, 3.63) is 0 Å². The van der Waals surface area contributed by atoms with Crippen molar-refractivity contribution in [2.75, 3.05) is 13.2 Å². The maximum Gasteiger partial charge on any atom is 0.246 e. The van der Waals surface area contributed by atoms with Gasteiger partial charge in [-0.25, -0.2) is 0 Å². The number of morpholine rings is 1. The van der Waals surface area contributed by atoms with E-state index in [1.54, 1.807) is 0 Å². The molecule has 1 heterocycles. The van der Waals surface area contributed by atoms with E-state index in [0.717, 1.165) is 0 Å². The molecule has 2 amide bonds. The quantitative estimate of drug-likeness (QED) is 0.583. The largest absolute Gasteiger partial charge is 0.369 e. The molecule has 1 atom stereocenters. The third-order valence-electron chi connectivity index (χ3n) is 1.60. The molecule has 2 N–H and O–H groups in total. The van der Waals surface area contributed by atoms with Crippen molar-refractivity contribution in [2.45, 2.75) is 25.9 Å². The van der Waals surface area contributed by atoms with E-state index < -0.39 is 6.04 Å². The van der Waals surface area contributed by atoms with Crippen LogP contribution in [0.25, 0.3) is 0 Å². The second-order valence-electron chi connectivity index (χ2n) is 3.30. The standard InChI is InChI=1S/C8H14N2O3/c1-5(2)9-8(12)6-3-13-4-7(11)10-6/h5-6H,3-4H2,1-2H3,(H,9,12)(H,10,11). The van der Waals surface area contributed by atoms with Gasteiger partial charge in [0.1, 0.15) is 12.6 Å². The normalized spacial score (nSPS) is 22.7. The molecule has 0 saturated carbocycles. The van der Waals surface area contributed by atoms with Gasteiger partial charge in [-0.15, -0.1) is 0 Å². The highest BCUT2D eigenvalue weighted by Crippen LogP contribution is 1.94. The monoisotopic (exact) mass is 186 g/mol. The van der Waals surface area contributed by atoms with Crippen LogP contribution >= 0.6 is 0 Å². The highest BCUT2D eigenvalue weighted by atomic mass is 16.5. The number of ether oxygens (including phenoxy) is 1. The molecule has 5 heteroatoms. The van der Waals surface area contributed by atoms with Crippen molar-refractivity contribution in [1.82, 2.24) is 10.6 Å². The molecule has 0 spiro atoms. The van der Waals surface area contributed by atoms with Crippen LogP contribution in [0.3, 0.4) is 0 Å². The summed E-state index contributed by atoms with van der Waals surface area (Å²) < 4.78 is 4.92. The van der Waals surface area contributed by atoms with Crippen LogP contribution in [0.4, 0.5) is 0 Å². The van der Waals surface area contributed by atoms with Crippen LogP contribution in [0.2, 0.25) is 0 Å². The molecular formula is C8H14N2O3. The van der Waals surface area contributed by atoms with Crippen molar-refractivity contribution in [3.8, 4) is 0 Å². The van der Waals surface area contributed by atoms with Gasteiger partial charge in [0.15, 0.2) is 0 Å². The molecule has 0 radical (unpaired) electrons. The van der Waals surface area contributed by atoms with Crippen molar-refractivity contribution < 1.29 is 14.3 Å². The molecule has 1 rings (SSSR count). The average Bonchev–Trinajstić information content (AvgIpc) is 2.03. The third-order valence-corrected chi connectivity index (χ3v) is 1.60. The Hall–Kier alpha value is -1.10. The number of amides is 2. The van der Waals surface area contributed by atoms with Crippen molar-refractivity contribution in [3.63, 3.8) is 0 Å². The summed E-state index contributed by atoms with van der Waals surface area (Å²) in [5, 5.41) is 5.24. The fraction of sp³-hybridized carbons (Fsp3) is 0.750. The number of carbonyl (C=O) groups is 2. The molecule has 1 unspecified atom stereocenters. The van der Waals surface area contributed by atoms with Gasteiger partial charge in [0, 0.05) is 6.04 Å². The Bertz CT molecular complexity index is 215. The van der Waals surface area contributed by atoms with Gasteiger partial charge in [-0.05, 0) is 13.8 Å². The third kappa shape index (κ3) is 3.02. The van der Waals surface area contributed by atoms with Gasteiger partial charge in [0.05, 0.1) is 6.61 Å². The van der Waals surface area contributed by atoms with E-state index in [0.29, 0.717) is 0 Å². The molecule has 0 bridgehead atoms. The Kier molecular flexibility index (Phi) is 3.25. The van der Waals surface area contributed by atoms with E-state index in [-0.39, 0.29) is 31.1 Å². The minimum Gasteiger partial charge on any atom is -0.369 e. The number of nitrogens with one attached hydrogen (secondary N) is 2. The molecule has 5 nitrogen and oxygen atoms in total. The zero-order valence-electron chi connectivity index (χ0n) is 7.79. The average molecular weight is 186 g/mol. The molecule has 74 valence electrons. The number of carbonyl (C=O) groups excluding carboxylic acids is 2. The SMILES string of the molecule is CC(C)NC(=O)C1COCC(=O)N1. The molecule has 0 aromatic carbocycles. The summed E-state index contributed by atoms with van der Waals surface area (Å²) in [5.41, 5.74) is 0. The first-order valence-corrected chi connectivity index (χ1v) is 4.27. The Morgan fingerprint density at radius 2 is 2.38 bits per heavy atom. The predicted molar refractivity (Wildman–Crippen MR) is 46.0 cm³/mol. The van der Waals surface area contributed by atoms with Gasteiger partial charge in [0.2, 0.25) is 11.8 Å². The number of rotatable bonds is 2. The first-order valence-electron chi connectivity index (χ1n) is 4.27. The molecule has 1 aliphatic rings. The van der Waals surface area contributed by atoms with Crippen LogP contribution in [-0.4, -0.2) is 37.1 Å². The topological polar surface area (TPSA) is 67.4 Å². The van der Waals surface area contributed by atoms with E-state index in [2.05, 4.69) is 10.6 Å². The highest BCUT2D eigenvalue weighted by Gasteiger charge is 2.25. The van der Waals surface area contributed by atoms with Crippen molar-refractivity contribution in [1.29, 1.82) is 0 Å². The molecule has 1 fully saturated rings. The van der Waals surface area contributed by atoms with Crippen LogP contribution in [0, 0.1) is 0 Å². The first-order chi connectivity index (χ1) is 6.09. The summed E-state index contributed by atoms with van der Waals surface area (Å²) in [7, 11) is 0. The molecule has 1 aliphatic heterocycles. The first kappa shape index (κ1) is 9.98. The minimum absolute atomic E-state index is 0.0471. The van der Waals surface area contributed by atoms with E-state index in [4.69, 9.17) is 4.74 Å². The lowest BCUT2D eigenvalue weighted by atomic mass is 10.2. The molecule has 0 aromatic rings. The van der Waals surface area contributed by atoms with Gasteiger partial charge in [-0.3, -0.25) is 9.59 Å². The predicted octanol–water partition coefficient (Wildman–Crippen LogP) is -0.974. The fourth-order valence-electron chi connectivity index (χ4n) is 1.07. The smallest absolute Gasteiger partial charge is 0.246 e. The van der Waals surface area contributed by atoms with Crippen LogP contribution < -0.4 is 10.6 Å². The van der Waals surface area contributed by atoms with Gasteiger partial charge in [-0.2, -0.15) is 0 Å². The summed E-state index contributed by atoms with van der Waals surface area (Å²) in [5.74, 6) is -0.432. The minimum atomic E-state index is -0.538. The number of hydrogen-bond acceptors (Lipinski definition) is 3. The molecule has 0 aromatic heterocycles. The second kappa shape index (κ2) is 4.23. The van der Waals surface area contributed by atoms with Crippen LogP contribution in [-0.2, 0) is 14.3 Å². The van der Waals surface area contributed by atoms with Gasteiger partial charge >= 0.3 is 0 Å². The van der Waals surface area contributed by atoms with Gasteiger partial charge in [-0.1, -0.05) is 0 Å². The Morgan fingerprint density at radius 1 is 1.69 bits per heavy atom. The second-order valence-corrected chi connectivity index (χ2v) is 3.30. The van der Waals surface area contributed by atoms with E-state index in [1.807, 2.05) is 13.8 Å². The Labute approximate surface area is 76.8 Å². The van der Waals surface area contributed by atoms with E-state index in [9.17, 15) is 9.59 Å². The fourth-order valence-corrected chi connectivity index (χ4v) is 1.07. The molecule has 1 saturated heterocycles. The number of hydrogen-bond donors (Lipinski definition) is 2. The van der Waals surface area contributed by atoms with Gasteiger partial charge in [0.25, 0.3) is 0 Å². The zero-order chi connectivity index (χ0) is 9.84. The van der Waals surface area contributed by atoms with Crippen LogP contribution in [0.1, 0.15) is 13.8 Å². The maximum absolute atomic E-state index is 11.3. The lowest BCUT2D eigenvalue weighted by Gasteiger charge is -2.23. The lowest BCUT2D eigenvalue weighted by Crippen LogP contribution is -2.54. The Morgan fingerprint density at radius 3 is 2.92 bits per heavy atom. The summed E-state index contributed by atoms with van der Waals surface area (Å²) in [4.78, 5) is 22.2. The molecule has 13 heavy (non-hydrogen) atoms.